The maximum Gasteiger partial charge on any atom is 0.133 e. The molecule has 15 heavy (non-hydrogen) atoms. The topological polar surface area (TPSA) is 9.23 Å². The van der Waals surface area contributed by atoms with Crippen LogP contribution >= 0.6 is 31.9 Å². The van der Waals surface area contributed by atoms with Crippen LogP contribution in [-0.4, -0.2) is 11.9 Å². The minimum atomic E-state index is 0.146. The van der Waals surface area contributed by atoms with Crippen molar-refractivity contribution in [1.29, 1.82) is 0 Å². The zero-order valence-corrected chi connectivity index (χ0v) is 12.5. The van der Waals surface area contributed by atoms with Gasteiger partial charge in [0.15, 0.2) is 0 Å². The van der Waals surface area contributed by atoms with Gasteiger partial charge in [-0.25, -0.2) is 0 Å². The van der Waals surface area contributed by atoms with Crippen LogP contribution < -0.4 is 4.74 Å². The Bertz CT molecular complexity index is 334. The normalized spacial score (nSPS) is 11.5. The van der Waals surface area contributed by atoms with Gasteiger partial charge in [-0.1, -0.05) is 35.8 Å². The Morgan fingerprint density at radius 3 is 2.47 bits per heavy atom. The minimum absolute atomic E-state index is 0.146. The Morgan fingerprint density at radius 1 is 1.33 bits per heavy atom. The van der Waals surface area contributed by atoms with E-state index < -0.39 is 0 Å². The van der Waals surface area contributed by atoms with E-state index in [9.17, 15) is 0 Å². The first kappa shape index (κ1) is 13.0. The lowest BCUT2D eigenvalue weighted by atomic mass is 9.87. The van der Waals surface area contributed by atoms with Crippen LogP contribution in [0.15, 0.2) is 22.7 Å². The molecule has 1 rings (SSSR count). The summed E-state index contributed by atoms with van der Waals surface area (Å²) < 4.78 is 6.50. The summed E-state index contributed by atoms with van der Waals surface area (Å²) in [5.74, 6) is 0.909. The predicted molar refractivity (Wildman–Crippen MR) is 72.1 cm³/mol. The van der Waals surface area contributed by atoms with Gasteiger partial charge < -0.3 is 4.74 Å². The van der Waals surface area contributed by atoms with Crippen molar-refractivity contribution in [1.82, 2.24) is 0 Å². The van der Waals surface area contributed by atoms with E-state index >= 15 is 0 Å². The van der Waals surface area contributed by atoms with Crippen LogP contribution in [0.1, 0.15) is 26.3 Å². The van der Waals surface area contributed by atoms with Crippen molar-refractivity contribution in [2.24, 2.45) is 0 Å². The Balaban J connectivity index is 3.01. The molecular formula is C12H16Br2O. The van der Waals surface area contributed by atoms with Crippen molar-refractivity contribution in [2.75, 3.05) is 11.9 Å². The zero-order chi connectivity index (χ0) is 11.5. The van der Waals surface area contributed by atoms with Crippen LogP contribution in [0.3, 0.4) is 0 Å². The summed E-state index contributed by atoms with van der Waals surface area (Å²) in [5, 5.41) is 0.945. The van der Waals surface area contributed by atoms with Crippen molar-refractivity contribution in [3.63, 3.8) is 0 Å². The highest BCUT2D eigenvalue weighted by atomic mass is 79.9. The fourth-order valence-corrected chi connectivity index (χ4v) is 2.09. The number of hydrogen-bond acceptors (Lipinski definition) is 1. The fraction of sp³-hybridized carbons (Fsp3) is 0.500. The number of benzene rings is 1. The van der Waals surface area contributed by atoms with E-state index in [4.69, 9.17) is 4.74 Å². The average molecular weight is 336 g/mol. The molecule has 0 atom stereocenters. The van der Waals surface area contributed by atoms with Crippen LogP contribution in [-0.2, 0) is 5.41 Å². The van der Waals surface area contributed by atoms with Crippen molar-refractivity contribution < 1.29 is 4.74 Å². The van der Waals surface area contributed by atoms with Crippen molar-refractivity contribution >= 4 is 31.9 Å². The zero-order valence-electron chi connectivity index (χ0n) is 9.31. The maximum absolute atomic E-state index is 5.48. The number of halogens is 2. The molecule has 0 aliphatic rings. The molecule has 0 amide bonds. The maximum atomic E-state index is 5.48. The molecule has 0 N–H and O–H groups in total. The molecule has 0 bridgehead atoms. The van der Waals surface area contributed by atoms with Crippen LogP contribution in [0.5, 0.6) is 5.75 Å². The van der Waals surface area contributed by atoms with Gasteiger partial charge in [0, 0.05) is 5.33 Å². The largest absolute Gasteiger partial charge is 0.493 e. The summed E-state index contributed by atoms with van der Waals surface area (Å²) in [5.41, 5.74) is 1.45. The molecule has 1 nitrogen and oxygen atoms in total. The van der Waals surface area contributed by atoms with E-state index in [1.54, 1.807) is 0 Å². The van der Waals surface area contributed by atoms with E-state index in [-0.39, 0.29) is 5.41 Å². The molecule has 0 fully saturated rings. The monoisotopic (exact) mass is 334 g/mol. The van der Waals surface area contributed by atoms with Crippen molar-refractivity contribution in [3.05, 3.63) is 28.2 Å². The van der Waals surface area contributed by atoms with Gasteiger partial charge in [0.2, 0.25) is 0 Å². The molecule has 0 radical (unpaired) electrons. The third-order valence-corrected chi connectivity index (χ3v) is 4.37. The Morgan fingerprint density at radius 2 is 2.00 bits per heavy atom. The number of alkyl halides is 1. The van der Waals surface area contributed by atoms with E-state index in [2.05, 4.69) is 57.8 Å². The summed E-state index contributed by atoms with van der Waals surface area (Å²) in [6.07, 6.45) is 0. The standard InChI is InChI=1S/C12H16Br2O/c1-4-15-11-6-5-9(7-10(11)14)12(2,3)8-13/h5-7H,4,8H2,1-3H3. The minimum Gasteiger partial charge on any atom is -0.493 e. The highest BCUT2D eigenvalue weighted by Gasteiger charge is 2.19. The first-order valence-electron chi connectivity index (χ1n) is 5.00. The van der Waals surface area contributed by atoms with Gasteiger partial charge in [-0.3, -0.25) is 0 Å². The lowest BCUT2D eigenvalue weighted by Crippen LogP contribution is -2.18. The third kappa shape index (κ3) is 3.22. The van der Waals surface area contributed by atoms with E-state index in [1.807, 2.05) is 13.0 Å². The first-order chi connectivity index (χ1) is 7.01. The SMILES string of the molecule is CCOc1ccc(C(C)(C)CBr)cc1Br. The van der Waals surface area contributed by atoms with Crippen molar-refractivity contribution in [2.45, 2.75) is 26.2 Å². The number of hydrogen-bond donors (Lipinski definition) is 0. The van der Waals surface area contributed by atoms with Crippen LogP contribution in [0.2, 0.25) is 0 Å². The van der Waals surface area contributed by atoms with Gasteiger partial charge in [-0.15, -0.1) is 0 Å². The van der Waals surface area contributed by atoms with Crippen LogP contribution in [0.4, 0.5) is 0 Å². The quantitative estimate of drug-likeness (QED) is 0.735. The average Bonchev–Trinajstić information content (AvgIpc) is 2.21. The molecule has 0 spiro atoms. The second-order valence-electron chi connectivity index (χ2n) is 4.10. The van der Waals surface area contributed by atoms with E-state index in [1.165, 1.54) is 5.56 Å². The molecule has 0 saturated carbocycles. The van der Waals surface area contributed by atoms with Gasteiger partial charge in [0.05, 0.1) is 11.1 Å². The third-order valence-electron chi connectivity index (χ3n) is 2.35. The van der Waals surface area contributed by atoms with Gasteiger partial charge in [-0.2, -0.15) is 0 Å². The van der Waals surface area contributed by atoms with Crippen LogP contribution in [0, 0.1) is 0 Å². The molecule has 1 aromatic rings. The molecule has 0 saturated heterocycles. The summed E-state index contributed by atoms with van der Waals surface area (Å²) in [6.45, 7) is 7.11. The first-order valence-corrected chi connectivity index (χ1v) is 6.91. The van der Waals surface area contributed by atoms with Gasteiger partial charge >= 0.3 is 0 Å². The molecule has 0 unspecified atom stereocenters. The summed E-state index contributed by atoms with van der Waals surface area (Å²) in [4.78, 5) is 0. The second-order valence-corrected chi connectivity index (χ2v) is 5.51. The molecule has 0 aromatic heterocycles. The van der Waals surface area contributed by atoms with Crippen molar-refractivity contribution in [3.8, 4) is 5.75 Å². The van der Waals surface area contributed by atoms with Gasteiger partial charge in [-0.05, 0) is 46.0 Å². The molecular weight excluding hydrogens is 320 g/mol. The van der Waals surface area contributed by atoms with E-state index in [0.29, 0.717) is 6.61 Å². The summed E-state index contributed by atoms with van der Waals surface area (Å²) >= 11 is 7.06. The molecule has 0 heterocycles. The highest BCUT2D eigenvalue weighted by Crippen LogP contribution is 2.32. The second kappa shape index (κ2) is 5.35. The summed E-state index contributed by atoms with van der Waals surface area (Å²) in [7, 11) is 0. The van der Waals surface area contributed by atoms with Gasteiger partial charge in [0.25, 0.3) is 0 Å². The molecule has 3 heteroatoms. The predicted octanol–water partition coefficient (Wildman–Crippen LogP) is 4.52. The number of rotatable bonds is 4. The van der Waals surface area contributed by atoms with Crippen LogP contribution in [0.25, 0.3) is 0 Å². The lowest BCUT2D eigenvalue weighted by molar-refractivity contribution is 0.338. The smallest absolute Gasteiger partial charge is 0.133 e. The van der Waals surface area contributed by atoms with Gasteiger partial charge in [0.1, 0.15) is 5.75 Å². The lowest BCUT2D eigenvalue weighted by Gasteiger charge is -2.23. The highest BCUT2D eigenvalue weighted by molar-refractivity contribution is 9.10. The molecule has 0 aliphatic heterocycles. The number of ether oxygens (including phenoxy) is 1. The van der Waals surface area contributed by atoms with E-state index in [0.717, 1.165) is 15.6 Å². The summed E-state index contributed by atoms with van der Waals surface area (Å²) in [6, 6.07) is 6.27. The Labute approximate surface area is 108 Å². The Hall–Kier alpha value is -0.0200. The Kier molecular flexibility index (Phi) is 4.65. The molecule has 1 aromatic carbocycles. The fourth-order valence-electron chi connectivity index (χ4n) is 1.27. The molecule has 84 valence electrons. The molecule has 0 aliphatic carbocycles.